The first-order valence-corrected chi connectivity index (χ1v) is 7.41. The Kier molecular flexibility index (Phi) is 4.48. The Morgan fingerprint density at radius 2 is 2.16 bits per heavy atom. The van der Waals surface area contributed by atoms with Gasteiger partial charge < -0.3 is 16.0 Å². The summed E-state index contributed by atoms with van der Waals surface area (Å²) in [5, 5.41) is 3.20. The van der Waals surface area contributed by atoms with Crippen molar-refractivity contribution < 1.29 is 4.79 Å². The van der Waals surface area contributed by atoms with Crippen molar-refractivity contribution in [3.63, 3.8) is 0 Å². The highest BCUT2D eigenvalue weighted by molar-refractivity contribution is 5.84. The minimum Gasteiger partial charge on any atom is -0.368 e. The number of hydrogen-bond donors (Lipinski definition) is 2. The molecule has 2 fully saturated rings. The van der Waals surface area contributed by atoms with Crippen LogP contribution >= 0.6 is 0 Å². The van der Waals surface area contributed by atoms with Crippen LogP contribution in [0.3, 0.4) is 0 Å². The number of carbonyl (C=O) groups is 1. The molecule has 3 atom stereocenters. The molecule has 3 N–H and O–H groups in total. The summed E-state index contributed by atoms with van der Waals surface area (Å²) in [7, 11) is 4.04. The van der Waals surface area contributed by atoms with Crippen molar-refractivity contribution in [1.82, 2.24) is 15.1 Å². The van der Waals surface area contributed by atoms with Crippen molar-refractivity contribution in [2.75, 3.05) is 33.7 Å². The molecule has 2 rings (SSSR count). The van der Waals surface area contributed by atoms with Crippen molar-refractivity contribution in [1.29, 1.82) is 0 Å². The van der Waals surface area contributed by atoms with E-state index in [4.69, 9.17) is 5.73 Å². The second kappa shape index (κ2) is 5.77. The van der Waals surface area contributed by atoms with Crippen molar-refractivity contribution >= 4 is 5.91 Å². The molecule has 19 heavy (non-hydrogen) atoms. The van der Waals surface area contributed by atoms with Gasteiger partial charge in [0.1, 0.15) is 0 Å². The number of nitrogens with one attached hydrogen (secondary N) is 1. The Hall–Kier alpha value is -0.650. The third-order valence-corrected chi connectivity index (χ3v) is 5.03. The first-order chi connectivity index (χ1) is 8.98. The summed E-state index contributed by atoms with van der Waals surface area (Å²) >= 11 is 0. The van der Waals surface area contributed by atoms with Gasteiger partial charge in [-0.15, -0.1) is 0 Å². The molecule has 0 aromatic heterocycles. The molecule has 1 aliphatic heterocycles. The molecule has 3 unspecified atom stereocenters. The molecule has 0 aromatic rings. The van der Waals surface area contributed by atoms with Gasteiger partial charge in [-0.25, -0.2) is 0 Å². The topological polar surface area (TPSA) is 61.6 Å². The fraction of sp³-hybridized carbons (Fsp3) is 0.929. The van der Waals surface area contributed by atoms with E-state index >= 15 is 0 Å². The fourth-order valence-electron chi connectivity index (χ4n) is 3.80. The van der Waals surface area contributed by atoms with Gasteiger partial charge in [-0.05, 0) is 46.7 Å². The van der Waals surface area contributed by atoms with Crippen LogP contribution in [0, 0.1) is 0 Å². The lowest BCUT2D eigenvalue weighted by atomic mass is 9.77. The molecule has 1 saturated heterocycles. The molecule has 110 valence electrons. The zero-order valence-corrected chi connectivity index (χ0v) is 12.5. The van der Waals surface area contributed by atoms with E-state index in [0.717, 1.165) is 38.9 Å². The number of nitrogens with two attached hydrogens (primary N) is 1. The summed E-state index contributed by atoms with van der Waals surface area (Å²) in [4.78, 5) is 16.8. The Bertz CT molecular complexity index is 335. The highest BCUT2D eigenvalue weighted by atomic mass is 16.1. The number of hydrogen-bond acceptors (Lipinski definition) is 4. The summed E-state index contributed by atoms with van der Waals surface area (Å²) in [6, 6.07) is 1.04. The summed E-state index contributed by atoms with van der Waals surface area (Å²) in [6.07, 6.45) is 3.99. The van der Waals surface area contributed by atoms with Gasteiger partial charge >= 0.3 is 0 Å². The van der Waals surface area contributed by atoms with Crippen LogP contribution in [0.2, 0.25) is 0 Å². The second-order valence-electron chi connectivity index (χ2n) is 6.30. The summed E-state index contributed by atoms with van der Waals surface area (Å²) in [5.74, 6) is -0.193. The zero-order valence-electron chi connectivity index (χ0n) is 12.5. The van der Waals surface area contributed by atoms with Crippen LogP contribution in [0.1, 0.15) is 32.6 Å². The van der Waals surface area contributed by atoms with Crippen LogP contribution in [-0.4, -0.2) is 67.1 Å². The van der Waals surface area contributed by atoms with E-state index < -0.39 is 5.54 Å². The molecule has 5 heteroatoms. The highest BCUT2D eigenvalue weighted by Crippen LogP contribution is 2.32. The van der Waals surface area contributed by atoms with Crippen molar-refractivity contribution in [2.45, 2.75) is 50.2 Å². The normalized spacial score (nSPS) is 38.3. The predicted molar refractivity (Wildman–Crippen MR) is 76.9 cm³/mol. The van der Waals surface area contributed by atoms with Crippen molar-refractivity contribution in [2.24, 2.45) is 5.73 Å². The quantitative estimate of drug-likeness (QED) is 0.757. The lowest BCUT2D eigenvalue weighted by Crippen LogP contribution is -2.62. The molecule has 1 aliphatic carbocycles. The minimum absolute atomic E-state index is 0.193. The molecule has 1 saturated carbocycles. The third-order valence-electron chi connectivity index (χ3n) is 5.03. The van der Waals surface area contributed by atoms with Crippen LogP contribution in [0.5, 0.6) is 0 Å². The van der Waals surface area contributed by atoms with E-state index in [9.17, 15) is 4.79 Å². The van der Waals surface area contributed by atoms with Crippen LogP contribution < -0.4 is 11.1 Å². The Balaban J connectivity index is 2.06. The standard InChI is InChI=1S/C14H28N4O/c1-11-10-17(3)7-8-18(11)12-5-4-6-14(9-12,16-2)13(15)19/h11-12,16H,4-10H2,1-3H3,(H2,15,19). The lowest BCUT2D eigenvalue weighted by Gasteiger charge is -2.48. The maximum Gasteiger partial charge on any atom is 0.237 e. The van der Waals surface area contributed by atoms with Gasteiger partial charge in [0, 0.05) is 31.7 Å². The Morgan fingerprint density at radius 1 is 1.42 bits per heavy atom. The van der Waals surface area contributed by atoms with Crippen LogP contribution in [0.15, 0.2) is 0 Å². The maximum atomic E-state index is 11.8. The summed E-state index contributed by atoms with van der Waals surface area (Å²) in [6.45, 7) is 5.61. The van der Waals surface area contributed by atoms with E-state index in [0.29, 0.717) is 12.1 Å². The molecular formula is C14H28N4O. The highest BCUT2D eigenvalue weighted by Gasteiger charge is 2.43. The third kappa shape index (κ3) is 2.93. The number of amides is 1. The van der Waals surface area contributed by atoms with Gasteiger partial charge in [0.15, 0.2) is 0 Å². The molecule has 2 aliphatic rings. The maximum absolute atomic E-state index is 11.8. The second-order valence-corrected chi connectivity index (χ2v) is 6.30. The molecule has 1 amide bonds. The number of rotatable bonds is 3. The molecule has 1 heterocycles. The predicted octanol–water partition coefficient (Wildman–Crippen LogP) is 0.00840. The first-order valence-electron chi connectivity index (χ1n) is 7.41. The number of carbonyl (C=O) groups excluding carboxylic acids is 1. The fourth-order valence-corrected chi connectivity index (χ4v) is 3.80. The molecule has 0 bridgehead atoms. The number of nitrogens with zero attached hydrogens (tertiary/aromatic N) is 2. The van der Waals surface area contributed by atoms with E-state index in [2.05, 4.69) is 29.1 Å². The van der Waals surface area contributed by atoms with E-state index in [1.165, 1.54) is 6.42 Å². The summed E-state index contributed by atoms with van der Waals surface area (Å²) in [5.41, 5.74) is 5.14. The van der Waals surface area contributed by atoms with Crippen LogP contribution in [-0.2, 0) is 4.79 Å². The van der Waals surface area contributed by atoms with Crippen LogP contribution in [0.4, 0.5) is 0 Å². The molecule has 0 radical (unpaired) electrons. The minimum atomic E-state index is -0.494. The summed E-state index contributed by atoms with van der Waals surface area (Å²) < 4.78 is 0. The molecule has 0 aromatic carbocycles. The van der Waals surface area contributed by atoms with Gasteiger partial charge in [-0.2, -0.15) is 0 Å². The van der Waals surface area contributed by atoms with Gasteiger partial charge in [-0.1, -0.05) is 0 Å². The monoisotopic (exact) mass is 268 g/mol. The number of piperazine rings is 1. The van der Waals surface area contributed by atoms with E-state index in [1.54, 1.807) is 0 Å². The smallest absolute Gasteiger partial charge is 0.237 e. The molecular weight excluding hydrogens is 240 g/mol. The van der Waals surface area contributed by atoms with Gasteiger partial charge in [0.2, 0.25) is 5.91 Å². The molecule has 5 nitrogen and oxygen atoms in total. The largest absolute Gasteiger partial charge is 0.368 e. The van der Waals surface area contributed by atoms with Gasteiger partial charge in [-0.3, -0.25) is 9.69 Å². The molecule has 0 spiro atoms. The number of likely N-dealkylation sites (N-methyl/N-ethyl adjacent to an activating group) is 2. The van der Waals surface area contributed by atoms with E-state index in [1.807, 2.05) is 7.05 Å². The van der Waals surface area contributed by atoms with E-state index in [-0.39, 0.29) is 5.91 Å². The van der Waals surface area contributed by atoms with Gasteiger partial charge in [0.05, 0.1) is 5.54 Å². The lowest BCUT2D eigenvalue weighted by molar-refractivity contribution is -0.127. The average molecular weight is 268 g/mol. The van der Waals surface area contributed by atoms with Crippen molar-refractivity contribution in [3.05, 3.63) is 0 Å². The van der Waals surface area contributed by atoms with Gasteiger partial charge in [0.25, 0.3) is 0 Å². The Morgan fingerprint density at radius 3 is 2.74 bits per heavy atom. The van der Waals surface area contributed by atoms with Crippen molar-refractivity contribution in [3.8, 4) is 0 Å². The Labute approximate surface area is 116 Å². The zero-order chi connectivity index (χ0) is 14.0. The number of primary amides is 1. The average Bonchev–Trinajstić information content (AvgIpc) is 2.38. The SMILES string of the molecule is CNC1(C(N)=O)CCCC(N2CCN(C)CC2C)C1. The first kappa shape index (κ1) is 14.8. The van der Waals surface area contributed by atoms with Crippen LogP contribution in [0.25, 0.3) is 0 Å².